The van der Waals surface area contributed by atoms with Crippen LogP contribution < -0.4 is 14.2 Å². The van der Waals surface area contributed by atoms with Gasteiger partial charge in [-0.1, -0.05) is 58.4 Å². The van der Waals surface area contributed by atoms with Crippen LogP contribution in [0.5, 0.6) is 17.4 Å². The summed E-state index contributed by atoms with van der Waals surface area (Å²) in [6, 6.07) is 4.35. The van der Waals surface area contributed by atoms with E-state index in [9.17, 15) is 13.2 Å². The van der Waals surface area contributed by atoms with Gasteiger partial charge in [0.05, 0.1) is 29.9 Å². The molecule has 0 unspecified atom stereocenters. The third-order valence-electron chi connectivity index (χ3n) is 4.69. The SMILES string of the molecule is COc1cnc(Oc2c(Cl)cc(Br)cc2Cl)cc1S(=O)(=O)NCC(=O)CC1CCC1. The highest BCUT2D eigenvalue weighted by Crippen LogP contribution is 2.39. The molecule has 1 aromatic heterocycles. The van der Waals surface area contributed by atoms with Gasteiger partial charge in [0.2, 0.25) is 15.9 Å². The number of Topliss-reactive ketones (excluding diaryl/α,β-unsaturated/α-hetero) is 1. The Morgan fingerprint density at radius 3 is 2.50 bits per heavy atom. The number of ketones is 1. The maximum absolute atomic E-state index is 12.8. The van der Waals surface area contributed by atoms with E-state index in [1.807, 2.05) is 0 Å². The Bertz CT molecular complexity index is 1040. The number of benzene rings is 1. The summed E-state index contributed by atoms with van der Waals surface area (Å²) in [6.07, 6.45) is 4.73. The zero-order valence-electron chi connectivity index (χ0n) is 16.0. The number of ether oxygens (including phenoxy) is 2. The fraction of sp³-hybridized carbons (Fsp3) is 0.368. The van der Waals surface area contributed by atoms with Crippen molar-refractivity contribution < 1.29 is 22.7 Å². The van der Waals surface area contributed by atoms with Crippen LogP contribution in [0.15, 0.2) is 33.8 Å². The third kappa shape index (κ3) is 5.64. The summed E-state index contributed by atoms with van der Waals surface area (Å²) < 4.78 is 39.3. The maximum atomic E-state index is 12.8. The quantitative estimate of drug-likeness (QED) is 0.484. The second kappa shape index (κ2) is 9.82. The van der Waals surface area contributed by atoms with Crippen molar-refractivity contribution in [1.29, 1.82) is 0 Å². The predicted octanol–water partition coefficient (Wildman–Crippen LogP) is 4.99. The molecule has 1 N–H and O–H groups in total. The van der Waals surface area contributed by atoms with Crippen LogP contribution in [0, 0.1) is 5.92 Å². The van der Waals surface area contributed by atoms with E-state index in [1.165, 1.54) is 19.4 Å². The zero-order chi connectivity index (χ0) is 21.9. The van der Waals surface area contributed by atoms with E-state index in [-0.39, 0.29) is 44.6 Å². The lowest BCUT2D eigenvalue weighted by molar-refractivity contribution is -0.119. The molecule has 7 nitrogen and oxygen atoms in total. The van der Waals surface area contributed by atoms with Crippen molar-refractivity contribution in [2.24, 2.45) is 5.92 Å². The summed E-state index contributed by atoms with van der Waals surface area (Å²) in [7, 11) is -2.73. The maximum Gasteiger partial charge on any atom is 0.244 e. The first-order chi connectivity index (χ1) is 14.2. The lowest BCUT2D eigenvalue weighted by atomic mass is 9.82. The van der Waals surface area contributed by atoms with Crippen LogP contribution in [0.25, 0.3) is 0 Å². The van der Waals surface area contributed by atoms with Gasteiger partial charge >= 0.3 is 0 Å². The number of hydrogen-bond donors (Lipinski definition) is 1. The third-order valence-corrected chi connectivity index (χ3v) is 7.13. The zero-order valence-corrected chi connectivity index (χ0v) is 19.9. The molecule has 1 aliphatic carbocycles. The molecule has 0 bridgehead atoms. The van der Waals surface area contributed by atoms with Crippen LogP contribution in [-0.2, 0) is 14.8 Å². The molecule has 0 spiro atoms. The Kier molecular flexibility index (Phi) is 7.62. The number of halogens is 3. The van der Waals surface area contributed by atoms with Crippen molar-refractivity contribution in [2.45, 2.75) is 30.6 Å². The average molecular weight is 538 g/mol. The molecule has 162 valence electrons. The van der Waals surface area contributed by atoms with E-state index >= 15 is 0 Å². The molecule has 1 aromatic carbocycles. The van der Waals surface area contributed by atoms with Crippen molar-refractivity contribution in [2.75, 3.05) is 13.7 Å². The average Bonchev–Trinajstić information content (AvgIpc) is 2.66. The summed E-state index contributed by atoms with van der Waals surface area (Å²) in [4.78, 5) is 15.9. The molecule has 1 saturated carbocycles. The number of rotatable bonds is 9. The fourth-order valence-electron chi connectivity index (χ4n) is 2.90. The fourth-order valence-corrected chi connectivity index (χ4v) is 5.35. The van der Waals surface area contributed by atoms with E-state index in [0.29, 0.717) is 16.8 Å². The standard InChI is InChI=1S/C19H19BrCl2N2O5S/c1-28-16-10-23-18(29-19-14(21)6-12(20)7-15(19)22)8-17(16)30(26,27)24-9-13(25)5-11-3-2-4-11/h6-8,10-11,24H,2-5,9H2,1H3. The van der Waals surface area contributed by atoms with E-state index in [4.69, 9.17) is 32.7 Å². The van der Waals surface area contributed by atoms with Gasteiger partial charge in [0, 0.05) is 17.0 Å². The van der Waals surface area contributed by atoms with Gasteiger partial charge in [0.25, 0.3) is 0 Å². The monoisotopic (exact) mass is 536 g/mol. The van der Waals surface area contributed by atoms with E-state index in [2.05, 4.69) is 25.6 Å². The topological polar surface area (TPSA) is 94.6 Å². The molecule has 3 rings (SSSR count). The Labute approximate surface area is 193 Å². The number of hydrogen-bond acceptors (Lipinski definition) is 6. The minimum atomic E-state index is -4.05. The molecule has 0 atom stereocenters. The molecular formula is C19H19BrCl2N2O5S. The molecule has 0 aliphatic heterocycles. The van der Waals surface area contributed by atoms with Crippen LogP contribution in [0.2, 0.25) is 10.0 Å². The van der Waals surface area contributed by atoms with Crippen molar-refractivity contribution in [3.63, 3.8) is 0 Å². The molecule has 0 amide bonds. The predicted molar refractivity (Wildman–Crippen MR) is 117 cm³/mol. The minimum absolute atomic E-state index is 0.00860. The molecule has 1 aliphatic rings. The van der Waals surface area contributed by atoms with Crippen LogP contribution in [0.3, 0.4) is 0 Å². The highest BCUT2D eigenvalue weighted by atomic mass is 79.9. The largest absolute Gasteiger partial charge is 0.494 e. The molecule has 30 heavy (non-hydrogen) atoms. The minimum Gasteiger partial charge on any atom is -0.494 e. The summed E-state index contributed by atoms with van der Waals surface area (Å²) in [5, 5.41) is 0.437. The van der Waals surface area contributed by atoms with E-state index in [1.54, 1.807) is 12.1 Å². The first-order valence-corrected chi connectivity index (χ1v) is 12.1. The molecule has 0 saturated heterocycles. The molecular weight excluding hydrogens is 519 g/mol. The lowest BCUT2D eigenvalue weighted by Crippen LogP contribution is -2.31. The number of carbonyl (C=O) groups excluding carboxylic acids is 1. The number of methoxy groups -OCH3 is 1. The van der Waals surface area contributed by atoms with Crippen LogP contribution in [-0.4, -0.2) is 32.8 Å². The molecule has 2 aromatic rings. The van der Waals surface area contributed by atoms with Gasteiger partial charge in [0.15, 0.2) is 11.5 Å². The number of aromatic nitrogens is 1. The molecule has 11 heteroatoms. The van der Waals surface area contributed by atoms with Crippen LogP contribution in [0.1, 0.15) is 25.7 Å². The van der Waals surface area contributed by atoms with Gasteiger partial charge in [-0.15, -0.1) is 0 Å². The van der Waals surface area contributed by atoms with Gasteiger partial charge in [-0.3, -0.25) is 4.79 Å². The summed E-state index contributed by atoms with van der Waals surface area (Å²) >= 11 is 15.6. The number of sulfonamides is 1. The summed E-state index contributed by atoms with van der Waals surface area (Å²) in [5.74, 6) is 0.294. The highest BCUT2D eigenvalue weighted by Gasteiger charge is 2.25. The van der Waals surface area contributed by atoms with Gasteiger partial charge in [0.1, 0.15) is 10.7 Å². The Balaban J connectivity index is 1.80. The Morgan fingerprint density at radius 2 is 1.93 bits per heavy atom. The van der Waals surface area contributed by atoms with Crippen LogP contribution in [0.4, 0.5) is 0 Å². The smallest absolute Gasteiger partial charge is 0.244 e. The number of carbonyl (C=O) groups is 1. The molecule has 0 radical (unpaired) electrons. The van der Waals surface area contributed by atoms with Gasteiger partial charge in [-0.25, -0.2) is 18.1 Å². The number of nitrogens with zero attached hydrogens (tertiary/aromatic N) is 1. The Hall–Kier alpha value is -1.39. The normalized spacial score (nSPS) is 14.3. The van der Waals surface area contributed by atoms with E-state index < -0.39 is 10.0 Å². The Morgan fingerprint density at radius 1 is 1.27 bits per heavy atom. The highest BCUT2D eigenvalue weighted by molar-refractivity contribution is 9.10. The molecule has 1 fully saturated rings. The van der Waals surface area contributed by atoms with Crippen molar-refractivity contribution in [3.8, 4) is 17.4 Å². The van der Waals surface area contributed by atoms with Crippen molar-refractivity contribution in [1.82, 2.24) is 9.71 Å². The van der Waals surface area contributed by atoms with Gasteiger partial charge in [-0.05, 0) is 18.1 Å². The van der Waals surface area contributed by atoms with E-state index in [0.717, 1.165) is 19.3 Å². The van der Waals surface area contributed by atoms with Gasteiger partial charge < -0.3 is 9.47 Å². The molecule has 1 heterocycles. The summed E-state index contributed by atoms with van der Waals surface area (Å²) in [5.41, 5.74) is 0. The number of pyridine rings is 1. The number of nitrogens with one attached hydrogen (secondary N) is 1. The first-order valence-electron chi connectivity index (χ1n) is 9.07. The van der Waals surface area contributed by atoms with Crippen molar-refractivity contribution >= 4 is 54.9 Å². The first kappa shape index (κ1) is 23.3. The second-order valence-electron chi connectivity index (χ2n) is 6.84. The summed E-state index contributed by atoms with van der Waals surface area (Å²) in [6.45, 7) is -0.287. The van der Waals surface area contributed by atoms with Crippen molar-refractivity contribution in [3.05, 3.63) is 38.9 Å². The lowest BCUT2D eigenvalue weighted by Gasteiger charge is -2.24. The van der Waals surface area contributed by atoms with Crippen LogP contribution >= 0.6 is 39.1 Å². The second-order valence-corrected chi connectivity index (χ2v) is 10.3. The van der Waals surface area contributed by atoms with Gasteiger partial charge in [-0.2, -0.15) is 0 Å².